The molecule has 7 heteroatoms. The van der Waals surface area contributed by atoms with Crippen molar-refractivity contribution in [3.8, 4) is 5.75 Å². The van der Waals surface area contributed by atoms with Crippen molar-refractivity contribution in [3.63, 3.8) is 0 Å². The number of ketones is 1. The molecule has 1 aromatic heterocycles. The van der Waals surface area contributed by atoms with Crippen LogP contribution in [0.5, 0.6) is 5.75 Å². The average molecular weight is 409 g/mol. The number of benzene rings is 2. The summed E-state index contributed by atoms with van der Waals surface area (Å²) in [4.78, 5) is 27.9. The monoisotopic (exact) mass is 409 g/mol. The van der Waals surface area contributed by atoms with Crippen molar-refractivity contribution in [3.05, 3.63) is 93.4 Å². The van der Waals surface area contributed by atoms with Crippen LogP contribution in [-0.4, -0.2) is 26.8 Å². The minimum Gasteiger partial charge on any atom is -0.508 e. The van der Waals surface area contributed by atoms with Gasteiger partial charge in [-0.05, 0) is 53.4 Å². The van der Waals surface area contributed by atoms with Crippen molar-refractivity contribution in [1.82, 2.24) is 4.90 Å². The Morgan fingerprint density at radius 1 is 1.07 bits per heavy atom. The highest BCUT2D eigenvalue weighted by atomic mass is 32.1. The van der Waals surface area contributed by atoms with Crippen molar-refractivity contribution >= 4 is 28.8 Å². The van der Waals surface area contributed by atoms with Gasteiger partial charge in [-0.15, -0.1) is 11.3 Å². The first-order chi connectivity index (χ1) is 14.0. The van der Waals surface area contributed by atoms with Crippen molar-refractivity contribution in [2.24, 2.45) is 0 Å². The summed E-state index contributed by atoms with van der Waals surface area (Å²) in [7, 11) is 0. The number of aliphatic hydroxyl groups excluding tert-OH is 1. The van der Waals surface area contributed by atoms with E-state index in [1.807, 2.05) is 17.5 Å². The molecule has 0 aliphatic carbocycles. The Labute approximate surface area is 170 Å². The van der Waals surface area contributed by atoms with E-state index in [-0.39, 0.29) is 29.2 Å². The van der Waals surface area contributed by atoms with Gasteiger partial charge in [0.25, 0.3) is 11.7 Å². The van der Waals surface area contributed by atoms with Gasteiger partial charge in [-0.3, -0.25) is 9.59 Å². The molecule has 2 aromatic carbocycles. The van der Waals surface area contributed by atoms with Gasteiger partial charge < -0.3 is 15.1 Å². The predicted molar refractivity (Wildman–Crippen MR) is 107 cm³/mol. The van der Waals surface area contributed by atoms with Crippen molar-refractivity contribution in [2.75, 3.05) is 0 Å². The van der Waals surface area contributed by atoms with E-state index in [0.717, 1.165) is 4.88 Å². The van der Waals surface area contributed by atoms with Crippen LogP contribution in [-0.2, 0) is 16.1 Å². The largest absolute Gasteiger partial charge is 0.508 e. The van der Waals surface area contributed by atoms with Crippen molar-refractivity contribution in [2.45, 2.75) is 12.6 Å². The summed E-state index contributed by atoms with van der Waals surface area (Å²) in [5.41, 5.74) is 0.624. The Balaban J connectivity index is 1.87. The molecule has 0 spiro atoms. The number of halogens is 1. The maximum absolute atomic E-state index is 13.3. The molecule has 1 amide bonds. The SMILES string of the molecule is O=C1C(=O)N(Cc2cccs2)C(c2cccc(O)c2)/C1=C(/O)c1ccc(F)cc1. The Morgan fingerprint density at radius 2 is 1.83 bits per heavy atom. The van der Waals surface area contributed by atoms with Crippen molar-refractivity contribution < 1.29 is 24.2 Å². The van der Waals surface area contributed by atoms with Crippen LogP contribution in [0.4, 0.5) is 4.39 Å². The number of nitrogens with zero attached hydrogens (tertiary/aromatic N) is 1. The fourth-order valence-corrected chi connectivity index (χ4v) is 4.12. The van der Waals surface area contributed by atoms with Gasteiger partial charge in [0, 0.05) is 10.4 Å². The smallest absolute Gasteiger partial charge is 0.295 e. The van der Waals surface area contributed by atoms with Gasteiger partial charge >= 0.3 is 0 Å². The lowest BCUT2D eigenvalue weighted by molar-refractivity contribution is -0.140. The van der Waals surface area contributed by atoms with E-state index in [4.69, 9.17) is 0 Å². The highest BCUT2D eigenvalue weighted by molar-refractivity contribution is 7.09. The van der Waals surface area contributed by atoms with Gasteiger partial charge in [0.1, 0.15) is 17.3 Å². The Hall–Kier alpha value is -3.45. The molecule has 0 saturated carbocycles. The molecular formula is C22H16FNO4S. The van der Waals surface area contributed by atoms with Crippen LogP contribution in [0.3, 0.4) is 0 Å². The third kappa shape index (κ3) is 3.52. The first kappa shape index (κ1) is 18.9. The minimum absolute atomic E-state index is 0.0222. The molecular weight excluding hydrogens is 393 g/mol. The van der Waals surface area contributed by atoms with E-state index in [9.17, 15) is 24.2 Å². The van der Waals surface area contributed by atoms with E-state index >= 15 is 0 Å². The van der Waals surface area contributed by atoms with Gasteiger partial charge in [0.05, 0.1) is 18.2 Å². The van der Waals surface area contributed by atoms with E-state index in [1.54, 1.807) is 12.1 Å². The van der Waals surface area contributed by atoms with Crippen LogP contribution >= 0.6 is 11.3 Å². The number of phenols is 1. The van der Waals surface area contributed by atoms with E-state index in [1.165, 1.54) is 52.6 Å². The third-order valence-corrected chi connectivity index (χ3v) is 5.61. The number of aromatic hydroxyl groups is 1. The quantitative estimate of drug-likeness (QED) is 0.384. The maximum Gasteiger partial charge on any atom is 0.295 e. The molecule has 146 valence electrons. The second-order valence-corrected chi connectivity index (χ2v) is 7.64. The first-order valence-electron chi connectivity index (χ1n) is 8.81. The molecule has 0 radical (unpaired) electrons. The fourth-order valence-electron chi connectivity index (χ4n) is 3.42. The number of hydrogen-bond acceptors (Lipinski definition) is 5. The second kappa shape index (κ2) is 7.52. The van der Waals surface area contributed by atoms with Crippen LogP contribution < -0.4 is 0 Å². The lowest BCUT2D eigenvalue weighted by atomic mass is 9.95. The lowest BCUT2D eigenvalue weighted by Crippen LogP contribution is -2.28. The van der Waals surface area contributed by atoms with E-state index in [2.05, 4.69) is 0 Å². The van der Waals surface area contributed by atoms with Gasteiger partial charge in [-0.2, -0.15) is 0 Å². The van der Waals surface area contributed by atoms with Crippen LogP contribution in [0.1, 0.15) is 22.0 Å². The zero-order valence-electron chi connectivity index (χ0n) is 15.1. The molecule has 1 unspecified atom stereocenters. The number of rotatable bonds is 4. The lowest BCUT2D eigenvalue weighted by Gasteiger charge is -2.25. The predicted octanol–water partition coefficient (Wildman–Crippen LogP) is 4.21. The average Bonchev–Trinajstić information content (AvgIpc) is 3.30. The molecule has 1 atom stereocenters. The number of phenolic OH excluding ortho intramolecular Hbond substituents is 1. The summed E-state index contributed by atoms with van der Waals surface area (Å²) in [6, 6.07) is 14.1. The minimum atomic E-state index is -0.880. The number of likely N-dealkylation sites (tertiary alicyclic amines) is 1. The Bertz CT molecular complexity index is 1110. The molecule has 3 aromatic rings. The third-order valence-electron chi connectivity index (χ3n) is 4.75. The summed E-state index contributed by atoms with van der Waals surface area (Å²) in [5.74, 6) is -2.45. The van der Waals surface area contributed by atoms with Crippen LogP contribution in [0.25, 0.3) is 5.76 Å². The Kier molecular flexibility index (Phi) is 4.90. The number of carbonyl (C=O) groups excluding carboxylic acids is 2. The molecule has 0 bridgehead atoms. The number of carbonyl (C=O) groups is 2. The number of Topliss-reactive ketones (excluding diaryl/α,β-unsaturated/α-hetero) is 1. The summed E-state index contributed by atoms with van der Waals surface area (Å²) in [6.07, 6.45) is 0. The van der Waals surface area contributed by atoms with Crippen LogP contribution in [0.15, 0.2) is 71.6 Å². The number of thiophene rings is 1. The molecule has 2 N–H and O–H groups in total. The van der Waals surface area contributed by atoms with Gasteiger partial charge in [0.2, 0.25) is 0 Å². The highest BCUT2D eigenvalue weighted by Crippen LogP contribution is 2.41. The zero-order valence-corrected chi connectivity index (χ0v) is 15.9. The van der Waals surface area contributed by atoms with Crippen molar-refractivity contribution in [1.29, 1.82) is 0 Å². The normalized spacial score (nSPS) is 18.4. The number of aliphatic hydroxyl groups is 1. The van der Waals surface area contributed by atoms with Gasteiger partial charge in [0.15, 0.2) is 0 Å². The summed E-state index contributed by atoms with van der Waals surface area (Å²) >= 11 is 1.45. The van der Waals surface area contributed by atoms with Crippen LogP contribution in [0, 0.1) is 5.82 Å². The standard InChI is InChI=1S/C22H16FNO4S/c23-15-8-6-13(7-9-15)20(26)18-19(14-3-1-4-16(25)11-14)24(22(28)21(18)27)12-17-5-2-10-29-17/h1-11,19,25-26H,12H2/b20-18-. The Morgan fingerprint density at radius 3 is 2.48 bits per heavy atom. The van der Waals surface area contributed by atoms with Gasteiger partial charge in [-0.25, -0.2) is 4.39 Å². The molecule has 5 nitrogen and oxygen atoms in total. The molecule has 1 aliphatic heterocycles. The molecule has 2 heterocycles. The fraction of sp³-hybridized carbons (Fsp3) is 0.0909. The van der Waals surface area contributed by atoms with E-state index in [0.29, 0.717) is 5.56 Å². The molecule has 1 saturated heterocycles. The highest BCUT2D eigenvalue weighted by Gasteiger charge is 2.46. The molecule has 1 fully saturated rings. The van der Waals surface area contributed by atoms with Crippen LogP contribution in [0.2, 0.25) is 0 Å². The topological polar surface area (TPSA) is 77.8 Å². The maximum atomic E-state index is 13.3. The number of hydrogen-bond donors (Lipinski definition) is 2. The van der Waals surface area contributed by atoms with E-state index < -0.39 is 23.5 Å². The second-order valence-electron chi connectivity index (χ2n) is 6.61. The van der Waals surface area contributed by atoms with Gasteiger partial charge in [-0.1, -0.05) is 18.2 Å². The summed E-state index contributed by atoms with van der Waals surface area (Å²) in [5, 5.41) is 22.6. The zero-order chi connectivity index (χ0) is 20.5. The number of amides is 1. The summed E-state index contributed by atoms with van der Waals surface area (Å²) < 4.78 is 13.3. The first-order valence-corrected chi connectivity index (χ1v) is 9.69. The molecule has 29 heavy (non-hydrogen) atoms. The molecule has 4 rings (SSSR count). The summed E-state index contributed by atoms with van der Waals surface area (Å²) in [6.45, 7) is 0.183. The molecule has 1 aliphatic rings.